The normalized spacial score (nSPS) is 11.0. The van der Waals surface area contributed by atoms with Gasteiger partial charge in [-0.05, 0) is 25.1 Å². The molecule has 6 heteroatoms. The molecule has 0 bridgehead atoms. The number of aryl methyl sites for hydroxylation is 1. The number of oxazole rings is 1. The lowest BCUT2D eigenvalue weighted by Crippen LogP contribution is -2.20. The van der Waals surface area contributed by atoms with Gasteiger partial charge >= 0.3 is 0 Å². The standard InChI is InChI=1S/C15H18Cl2N2O2/c1-20-9-8-18-7-3-6-14-19-10-13(21-14)11-4-2-5-12(16)15(11)17/h2,4-5,10,18H,3,6-9H2,1H3. The molecule has 0 saturated heterocycles. The van der Waals surface area contributed by atoms with E-state index in [1.807, 2.05) is 12.1 Å². The molecule has 0 aliphatic rings. The SMILES string of the molecule is COCCNCCCc1ncc(-c2cccc(Cl)c2Cl)o1. The van der Waals surface area contributed by atoms with Crippen LogP contribution in [-0.2, 0) is 11.2 Å². The highest BCUT2D eigenvalue weighted by Gasteiger charge is 2.11. The molecule has 0 atom stereocenters. The average molecular weight is 329 g/mol. The quantitative estimate of drug-likeness (QED) is 0.748. The Bertz CT molecular complexity index is 573. The summed E-state index contributed by atoms with van der Waals surface area (Å²) in [5, 5.41) is 4.28. The van der Waals surface area contributed by atoms with Gasteiger partial charge in [-0.15, -0.1) is 0 Å². The van der Waals surface area contributed by atoms with Crippen molar-refractivity contribution in [2.24, 2.45) is 0 Å². The van der Waals surface area contributed by atoms with Crippen LogP contribution in [0.25, 0.3) is 11.3 Å². The molecule has 2 rings (SSSR count). The van der Waals surface area contributed by atoms with E-state index < -0.39 is 0 Å². The molecule has 1 heterocycles. The topological polar surface area (TPSA) is 47.3 Å². The Labute approximate surface area is 134 Å². The van der Waals surface area contributed by atoms with Gasteiger partial charge in [0.15, 0.2) is 11.7 Å². The Hall–Kier alpha value is -1.07. The number of methoxy groups -OCH3 is 1. The van der Waals surface area contributed by atoms with Crippen molar-refractivity contribution >= 4 is 23.2 Å². The number of hydrogen-bond acceptors (Lipinski definition) is 4. The molecule has 0 amide bonds. The van der Waals surface area contributed by atoms with Crippen LogP contribution in [0.15, 0.2) is 28.8 Å². The molecule has 114 valence electrons. The first-order valence-electron chi connectivity index (χ1n) is 6.81. The van der Waals surface area contributed by atoms with Gasteiger partial charge in [-0.3, -0.25) is 0 Å². The third kappa shape index (κ3) is 4.71. The first-order chi connectivity index (χ1) is 10.2. The Morgan fingerprint density at radius 2 is 2.14 bits per heavy atom. The molecule has 2 aromatic rings. The molecule has 4 nitrogen and oxygen atoms in total. The Balaban J connectivity index is 1.88. The maximum absolute atomic E-state index is 6.17. The molecule has 1 aromatic heterocycles. The van der Waals surface area contributed by atoms with Crippen molar-refractivity contribution in [3.8, 4) is 11.3 Å². The summed E-state index contributed by atoms with van der Waals surface area (Å²) in [5.41, 5.74) is 0.765. The Morgan fingerprint density at radius 3 is 2.95 bits per heavy atom. The third-order valence-electron chi connectivity index (χ3n) is 3.00. The van der Waals surface area contributed by atoms with Crippen LogP contribution in [0.1, 0.15) is 12.3 Å². The molecule has 1 aromatic carbocycles. The first-order valence-corrected chi connectivity index (χ1v) is 7.56. The molecule has 0 spiro atoms. The predicted molar refractivity (Wildman–Crippen MR) is 85.0 cm³/mol. The molecule has 0 saturated carbocycles. The molecule has 0 fully saturated rings. The predicted octanol–water partition coefficient (Wildman–Crippen LogP) is 3.82. The van der Waals surface area contributed by atoms with E-state index in [2.05, 4.69) is 10.3 Å². The monoisotopic (exact) mass is 328 g/mol. The summed E-state index contributed by atoms with van der Waals surface area (Å²) in [6, 6.07) is 5.45. The van der Waals surface area contributed by atoms with Crippen LogP contribution in [0.5, 0.6) is 0 Å². The maximum atomic E-state index is 6.17. The van der Waals surface area contributed by atoms with Crippen LogP contribution in [-0.4, -0.2) is 31.8 Å². The smallest absolute Gasteiger partial charge is 0.194 e. The van der Waals surface area contributed by atoms with E-state index in [1.54, 1.807) is 19.4 Å². The summed E-state index contributed by atoms with van der Waals surface area (Å²) in [6.45, 7) is 2.47. The second-order valence-corrected chi connectivity index (χ2v) is 5.35. The fraction of sp³-hybridized carbons (Fsp3) is 0.400. The van der Waals surface area contributed by atoms with E-state index in [1.165, 1.54) is 0 Å². The van der Waals surface area contributed by atoms with Crippen LogP contribution in [0.2, 0.25) is 10.0 Å². The van der Waals surface area contributed by atoms with Gasteiger partial charge in [0.2, 0.25) is 0 Å². The maximum Gasteiger partial charge on any atom is 0.194 e. The number of benzene rings is 1. The van der Waals surface area contributed by atoms with Crippen LogP contribution < -0.4 is 5.32 Å². The average Bonchev–Trinajstić information content (AvgIpc) is 2.94. The fourth-order valence-electron chi connectivity index (χ4n) is 1.91. The molecule has 0 aliphatic carbocycles. The van der Waals surface area contributed by atoms with Crippen molar-refractivity contribution in [2.75, 3.05) is 26.8 Å². The van der Waals surface area contributed by atoms with E-state index in [4.69, 9.17) is 32.4 Å². The lowest BCUT2D eigenvalue weighted by atomic mass is 10.2. The minimum Gasteiger partial charge on any atom is -0.441 e. The molecule has 21 heavy (non-hydrogen) atoms. The Morgan fingerprint density at radius 1 is 1.29 bits per heavy atom. The van der Waals surface area contributed by atoms with Crippen molar-refractivity contribution in [3.63, 3.8) is 0 Å². The van der Waals surface area contributed by atoms with E-state index in [0.717, 1.165) is 38.1 Å². The summed E-state index contributed by atoms with van der Waals surface area (Å²) in [4.78, 5) is 4.28. The van der Waals surface area contributed by atoms with Gasteiger partial charge in [0.05, 0.1) is 22.8 Å². The van der Waals surface area contributed by atoms with Crippen molar-refractivity contribution in [2.45, 2.75) is 12.8 Å². The summed E-state index contributed by atoms with van der Waals surface area (Å²) < 4.78 is 10.7. The molecule has 0 unspecified atom stereocenters. The highest BCUT2D eigenvalue weighted by Crippen LogP contribution is 2.33. The number of aromatic nitrogens is 1. The van der Waals surface area contributed by atoms with Gasteiger partial charge in [-0.2, -0.15) is 0 Å². The van der Waals surface area contributed by atoms with E-state index in [-0.39, 0.29) is 0 Å². The van der Waals surface area contributed by atoms with Crippen molar-refractivity contribution in [1.29, 1.82) is 0 Å². The number of ether oxygens (including phenoxy) is 1. The van der Waals surface area contributed by atoms with Gasteiger partial charge in [0.1, 0.15) is 0 Å². The summed E-state index contributed by atoms with van der Waals surface area (Å²) >= 11 is 12.2. The molecule has 0 aliphatic heterocycles. The van der Waals surface area contributed by atoms with Gasteiger partial charge in [-0.1, -0.05) is 29.3 Å². The summed E-state index contributed by atoms with van der Waals surface area (Å²) in [6.07, 6.45) is 3.41. The van der Waals surface area contributed by atoms with Gasteiger partial charge in [0, 0.05) is 25.6 Å². The minimum atomic E-state index is 0.489. The van der Waals surface area contributed by atoms with Gasteiger partial charge in [0.25, 0.3) is 0 Å². The van der Waals surface area contributed by atoms with E-state index >= 15 is 0 Å². The summed E-state index contributed by atoms with van der Waals surface area (Å²) in [5.74, 6) is 1.35. The van der Waals surface area contributed by atoms with Crippen molar-refractivity contribution in [1.82, 2.24) is 10.3 Å². The highest BCUT2D eigenvalue weighted by molar-refractivity contribution is 6.43. The van der Waals surface area contributed by atoms with Crippen LogP contribution in [0.4, 0.5) is 0 Å². The Kier molecular flexibility index (Phi) is 6.51. The summed E-state index contributed by atoms with van der Waals surface area (Å²) in [7, 11) is 1.69. The third-order valence-corrected chi connectivity index (χ3v) is 3.82. The van der Waals surface area contributed by atoms with Crippen molar-refractivity contribution in [3.05, 3.63) is 40.3 Å². The molecule has 0 radical (unpaired) electrons. The lowest BCUT2D eigenvalue weighted by Gasteiger charge is -2.03. The zero-order chi connectivity index (χ0) is 15.1. The van der Waals surface area contributed by atoms with Crippen LogP contribution >= 0.6 is 23.2 Å². The number of hydrogen-bond donors (Lipinski definition) is 1. The van der Waals surface area contributed by atoms with E-state index in [0.29, 0.717) is 21.7 Å². The number of nitrogens with one attached hydrogen (secondary N) is 1. The van der Waals surface area contributed by atoms with Crippen LogP contribution in [0.3, 0.4) is 0 Å². The van der Waals surface area contributed by atoms with Crippen LogP contribution in [0, 0.1) is 0 Å². The number of rotatable bonds is 8. The highest BCUT2D eigenvalue weighted by atomic mass is 35.5. The minimum absolute atomic E-state index is 0.489. The second-order valence-electron chi connectivity index (χ2n) is 4.57. The van der Waals surface area contributed by atoms with Gasteiger partial charge < -0.3 is 14.5 Å². The molecular formula is C15H18Cl2N2O2. The van der Waals surface area contributed by atoms with E-state index in [9.17, 15) is 0 Å². The lowest BCUT2D eigenvalue weighted by molar-refractivity contribution is 0.199. The van der Waals surface area contributed by atoms with Crippen molar-refractivity contribution < 1.29 is 9.15 Å². The zero-order valence-corrected chi connectivity index (χ0v) is 13.4. The fourth-order valence-corrected chi connectivity index (χ4v) is 2.30. The second kappa shape index (κ2) is 8.39. The van der Waals surface area contributed by atoms with Gasteiger partial charge in [-0.25, -0.2) is 4.98 Å². The molecule has 1 N–H and O–H groups in total. The number of halogens is 2. The molecular weight excluding hydrogens is 311 g/mol. The largest absolute Gasteiger partial charge is 0.441 e. The zero-order valence-electron chi connectivity index (χ0n) is 11.9. The number of nitrogens with zero attached hydrogens (tertiary/aromatic N) is 1. The first kappa shape index (κ1) is 16.3.